The Balaban J connectivity index is 4.20. The van der Waals surface area contributed by atoms with Crippen LogP contribution in [0.3, 0.4) is 0 Å². The quantitative estimate of drug-likeness (QED) is 0.0351. The molecule has 0 radical (unpaired) electrons. The molecule has 0 aromatic rings. The van der Waals surface area contributed by atoms with E-state index in [-0.39, 0.29) is 31.6 Å². The van der Waals surface area contributed by atoms with Crippen LogP contribution in [0.4, 0.5) is 0 Å². The zero-order valence-electron chi connectivity index (χ0n) is 36.9. The van der Waals surface area contributed by atoms with Crippen molar-refractivity contribution in [1.82, 2.24) is 0 Å². The number of allylic oxidation sites excluding steroid dienone is 11. The van der Waals surface area contributed by atoms with Gasteiger partial charge in [-0.25, -0.2) is 0 Å². The summed E-state index contributed by atoms with van der Waals surface area (Å²) in [4.78, 5) is 25.1. The molecule has 0 saturated heterocycles. The largest absolute Gasteiger partial charge is 0.462 e. The third kappa shape index (κ3) is 44.1. The topological polar surface area (TPSA) is 61.8 Å². The molecule has 322 valence electrons. The summed E-state index contributed by atoms with van der Waals surface area (Å²) in [5, 5.41) is 0. The fourth-order valence-corrected chi connectivity index (χ4v) is 6.28. The van der Waals surface area contributed by atoms with Gasteiger partial charge in [0, 0.05) is 13.0 Å². The summed E-state index contributed by atoms with van der Waals surface area (Å²) in [7, 11) is 0. The Morgan fingerprint density at radius 2 is 0.857 bits per heavy atom. The highest BCUT2D eigenvalue weighted by Gasteiger charge is 2.17. The van der Waals surface area contributed by atoms with Crippen LogP contribution in [-0.2, 0) is 23.8 Å². The molecular formula is C51H88O5. The van der Waals surface area contributed by atoms with Crippen LogP contribution in [0.1, 0.15) is 213 Å². The van der Waals surface area contributed by atoms with Crippen LogP contribution >= 0.6 is 0 Å². The van der Waals surface area contributed by atoms with E-state index in [1.54, 1.807) is 0 Å². The third-order valence-electron chi connectivity index (χ3n) is 9.76. The number of rotatable bonds is 42. The highest BCUT2D eigenvalue weighted by Crippen LogP contribution is 2.13. The second kappa shape index (κ2) is 46.7. The Labute approximate surface area is 347 Å². The summed E-state index contributed by atoms with van der Waals surface area (Å²) in [6.07, 6.45) is 59.4. The minimum Gasteiger partial charge on any atom is -0.462 e. The van der Waals surface area contributed by atoms with Crippen LogP contribution in [0.25, 0.3) is 0 Å². The van der Waals surface area contributed by atoms with Crippen molar-refractivity contribution in [3.05, 3.63) is 72.9 Å². The summed E-state index contributed by atoms with van der Waals surface area (Å²) >= 11 is 0. The predicted molar refractivity (Wildman–Crippen MR) is 242 cm³/mol. The zero-order chi connectivity index (χ0) is 40.7. The molecule has 1 atom stereocenters. The van der Waals surface area contributed by atoms with E-state index < -0.39 is 6.10 Å². The first-order chi connectivity index (χ1) is 27.6. The molecule has 0 rings (SSSR count). The Bertz CT molecular complexity index is 1020. The van der Waals surface area contributed by atoms with Crippen molar-refractivity contribution in [2.45, 2.75) is 219 Å². The molecule has 0 aliphatic rings. The lowest BCUT2D eigenvalue weighted by molar-refractivity contribution is -0.162. The fourth-order valence-electron chi connectivity index (χ4n) is 6.28. The number of unbranched alkanes of at least 4 members (excludes halogenated alkanes) is 20. The molecule has 0 bridgehead atoms. The highest BCUT2D eigenvalue weighted by atomic mass is 16.6. The molecule has 1 unspecified atom stereocenters. The molecular weight excluding hydrogens is 693 g/mol. The summed E-state index contributed by atoms with van der Waals surface area (Å²) in [6.45, 7) is 7.56. The first-order valence-electron chi connectivity index (χ1n) is 23.5. The molecule has 0 aromatic heterocycles. The number of carbonyl (C=O) groups is 2. The Kier molecular flexibility index (Phi) is 44.5. The number of carbonyl (C=O) groups excluding carboxylic acids is 2. The van der Waals surface area contributed by atoms with E-state index in [4.69, 9.17) is 14.2 Å². The Hall–Kier alpha value is -2.66. The van der Waals surface area contributed by atoms with Crippen LogP contribution in [0, 0.1) is 0 Å². The molecule has 56 heavy (non-hydrogen) atoms. The second-order valence-corrected chi connectivity index (χ2v) is 15.3. The van der Waals surface area contributed by atoms with Gasteiger partial charge in [-0.1, -0.05) is 203 Å². The number of hydrogen-bond donors (Lipinski definition) is 0. The number of ether oxygens (including phenoxy) is 3. The van der Waals surface area contributed by atoms with Gasteiger partial charge in [0.1, 0.15) is 6.61 Å². The van der Waals surface area contributed by atoms with E-state index in [1.165, 1.54) is 116 Å². The second-order valence-electron chi connectivity index (χ2n) is 15.3. The molecule has 0 aromatic carbocycles. The molecule has 0 heterocycles. The average Bonchev–Trinajstić information content (AvgIpc) is 3.20. The SMILES string of the molecule is CC/C=C\C/C=C\C/C=C\C/C=C\C/C=C\CC(=O)OC(COCCCCCCCC)COC(=O)CCCCCCCCCCC/C=C\CCCCCCCC. The maximum Gasteiger partial charge on any atom is 0.310 e. The Morgan fingerprint density at radius 3 is 1.36 bits per heavy atom. The predicted octanol–water partition coefficient (Wildman–Crippen LogP) is 15.6. The van der Waals surface area contributed by atoms with Crippen molar-refractivity contribution in [1.29, 1.82) is 0 Å². The third-order valence-corrected chi connectivity index (χ3v) is 9.76. The molecule has 0 aliphatic carbocycles. The standard InChI is InChI=1S/C51H88O5/c1-4-7-10-13-16-18-20-22-24-25-26-27-29-30-32-34-36-38-41-44-50(52)55-48-49(47-54-46-43-40-15-12-9-6-3)56-51(53)45-42-39-37-35-33-31-28-23-21-19-17-14-11-8-5-2/h8,11,17,19,22-24,28,33,35,39,42,49H,4-7,9-10,12-16,18,20-21,25-27,29-32,34,36-38,40-41,43-48H2,1-3H3/b11-8-,19-17-,24-22-,28-23-,35-33-,42-39-. The summed E-state index contributed by atoms with van der Waals surface area (Å²) in [5.41, 5.74) is 0. The van der Waals surface area contributed by atoms with Gasteiger partial charge in [-0.3, -0.25) is 9.59 Å². The van der Waals surface area contributed by atoms with Gasteiger partial charge < -0.3 is 14.2 Å². The van der Waals surface area contributed by atoms with Gasteiger partial charge in [0.2, 0.25) is 0 Å². The van der Waals surface area contributed by atoms with Gasteiger partial charge in [0.05, 0.1) is 13.0 Å². The van der Waals surface area contributed by atoms with Crippen LogP contribution in [0.15, 0.2) is 72.9 Å². The normalized spacial score (nSPS) is 12.8. The van der Waals surface area contributed by atoms with Gasteiger partial charge in [-0.05, 0) is 70.6 Å². The summed E-state index contributed by atoms with van der Waals surface area (Å²) in [6, 6.07) is 0. The zero-order valence-corrected chi connectivity index (χ0v) is 36.9. The number of esters is 2. The lowest BCUT2D eigenvalue weighted by Crippen LogP contribution is -2.29. The average molecular weight is 781 g/mol. The monoisotopic (exact) mass is 781 g/mol. The van der Waals surface area contributed by atoms with Gasteiger partial charge in [-0.15, -0.1) is 0 Å². The van der Waals surface area contributed by atoms with Gasteiger partial charge in [0.15, 0.2) is 6.10 Å². The van der Waals surface area contributed by atoms with E-state index in [1.807, 2.05) is 12.2 Å². The van der Waals surface area contributed by atoms with E-state index in [0.29, 0.717) is 13.0 Å². The minimum absolute atomic E-state index is 0.0433. The van der Waals surface area contributed by atoms with Crippen LogP contribution in [0.2, 0.25) is 0 Å². The van der Waals surface area contributed by atoms with E-state index in [0.717, 1.165) is 64.2 Å². The van der Waals surface area contributed by atoms with Crippen LogP contribution in [-0.4, -0.2) is 37.9 Å². The van der Waals surface area contributed by atoms with Crippen molar-refractivity contribution in [2.24, 2.45) is 0 Å². The lowest BCUT2D eigenvalue weighted by Gasteiger charge is -2.18. The van der Waals surface area contributed by atoms with Crippen molar-refractivity contribution < 1.29 is 23.8 Å². The van der Waals surface area contributed by atoms with E-state index in [9.17, 15) is 9.59 Å². The molecule has 5 heteroatoms. The summed E-state index contributed by atoms with van der Waals surface area (Å²) in [5.74, 6) is -0.549. The highest BCUT2D eigenvalue weighted by molar-refractivity contribution is 5.71. The van der Waals surface area contributed by atoms with Crippen molar-refractivity contribution in [3.8, 4) is 0 Å². The smallest absolute Gasteiger partial charge is 0.310 e. The van der Waals surface area contributed by atoms with Crippen LogP contribution in [0.5, 0.6) is 0 Å². The number of hydrogen-bond acceptors (Lipinski definition) is 5. The molecule has 0 fully saturated rings. The van der Waals surface area contributed by atoms with Gasteiger partial charge in [0.25, 0.3) is 0 Å². The maximum absolute atomic E-state index is 12.6. The van der Waals surface area contributed by atoms with Crippen molar-refractivity contribution >= 4 is 11.9 Å². The lowest BCUT2D eigenvalue weighted by atomic mass is 10.1. The maximum atomic E-state index is 12.6. The molecule has 0 saturated carbocycles. The van der Waals surface area contributed by atoms with Gasteiger partial charge in [-0.2, -0.15) is 0 Å². The summed E-state index contributed by atoms with van der Waals surface area (Å²) < 4.78 is 17.1. The van der Waals surface area contributed by atoms with Crippen molar-refractivity contribution in [2.75, 3.05) is 19.8 Å². The molecule has 5 nitrogen and oxygen atoms in total. The molecule has 0 aliphatic heterocycles. The first-order valence-corrected chi connectivity index (χ1v) is 23.5. The van der Waals surface area contributed by atoms with Crippen LogP contribution < -0.4 is 0 Å². The van der Waals surface area contributed by atoms with Crippen molar-refractivity contribution in [3.63, 3.8) is 0 Å². The molecule has 0 amide bonds. The molecule has 0 N–H and O–H groups in total. The van der Waals surface area contributed by atoms with E-state index >= 15 is 0 Å². The first kappa shape index (κ1) is 53.3. The minimum atomic E-state index is -0.588. The Morgan fingerprint density at radius 1 is 0.429 bits per heavy atom. The molecule has 0 spiro atoms. The van der Waals surface area contributed by atoms with E-state index in [2.05, 4.69) is 81.5 Å². The fraction of sp³-hybridized carbons (Fsp3) is 0.725. The van der Waals surface area contributed by atoms with Gasteiger partial charge >= 0.3 is 11.9 Å².